The highest BCUT2D eigenvalue weighted by Gasteiger charge is 2.12. The third-order valence-electron chi connectivity index (χ3n) is 3.27. The number of halogens is 1. The second-order valence-corrected chi connectivity index (χ2v) is 5.52. The first-order valence-electron chi connectivity index (χ1n) is 7.06. The summed E-state index contributed by atoms with van der Waals surface area (Å²) in [6, 6.07) is 7.89. The van der Waals surface area contributed by atoms with Crippen molar-refractivity contribution < 1.29 is 0 Å². The zero-order valence-electron chi connectivity index (χ0n) is 12.9. The minimum atomic E-state index is 0.755. The lowest BCUT2D eigenvalue weighted by atomic mass is 10.2. The van der Waals surface area contributed by atoms with Crippen LogP contribution < -0.4 is 10.2 Å². The van der Waals surface area contributed by atoms with Crippen LogP contribution in [0, 0.1) is 13.8 Å². The molecule has 1 aromatic carbocycles. The topological polar surface area (TPSA) is 41.1 Å². The fourth-order valence-electron chi connectivity index (χ4n) is 2.26. The Kier molecular flexibility index (Phi) is 5.02. The lowest BCUT2D eigenvalue weighted by Gasteiger charge is -2.22. The third-order valence-corrected chi connectivity index (χ3v) is 3.52. The molecule has 0 saturated heterocycles. The quantitative estimate of drug-likeness (QED) is 0.912. The van der Waals surface area contributed by atoms with Gasteiger partial charge in [-0.2, -0.15) is 0 Å². The second kappa shape index (κ2) is 6.76. The van der Waals surface area contributed by atoms with Gasteiger partial charge in [0.05, 0.1) is 0 Å². The molecular formula is C16H21ClN4. The standard InChI is InChI=1S/C16H21ClN4/c1-5-18-15-11(2)16(20-12(3)19-15)21(4)10-13-6-8-14(17)9-7-13/h6-9H,5,10H2,1-4H3,(H,18,19,20). The largest absolute Gasteiger partial charge is 0.370 e. The van der Waals surface area contributed by atoms with Crippen molar-refractivity contribution in [2.75, 3.05) is 23.8 Å². The average molecular weight is 305 g/mol. The van der Waals surface area contributed by atoms with E-state index in [1.165, 1.54) is 5.56 Å². The highest BCUT2D eigenvalue weighted by Crippen LogP contribution is 2.24. The van der Waals surface area contributed by atoms with Crippen molar-refractivity contribution in [1.82, 2.24) is 9.97 Å². The summed E-state index contributed by atoms with van der Waals surface area (Å²) in [7, 11) is 2.04. The van der Waals surface area contributed by atoms with Crippen LogP contribution in [0.1, 0.15) is 23.9 Å². The minimum absolute atomic E-state index is 0.755. The zero-order valence-corrected chi connectivity index (χ0v) is 13.7. The molecule has 0 aliphatic carbocycles. The summed E-state index contributed by atoms with van der Waals surface area (Å²) >= 11 is 5.92. The van der Waals surface area contributed by atoms with Gasteiger partial charge in [-0.3, -0.25) is 0 Å². The molecule has 0 amide bonds. The highest BCUT2D eigenvalue weighted by atomic mass is 35.5. The smallest absolute Gasteiger partial charge is 0.137 e. The number of nitrogens with one attached hydrogen (secondary N) is 1. The van der Waals surface area contributed by atoms with Gasteiger partial charge in [-0.1, -0.05) is 23.7 Å². The van der Waals surface area contributed by atoms with Crippen LogP contribution in [-0.4, -0.2) is 23.6 Å². The number of aryl methyl sites for hydroxylation is 1. The zero-order chi connectivity index (χ0) is 15.4. The van der Waals surface area contributed by atoms with Crippen LogP contribution in [0.15, 0.2) is 24.3 Å². The van der Waals surface area contributed by atoms with Crippen molar-refractivity contribution in [3.63, 3.8) is 0 Å². The molecule has 0 radical (unpaired) electrons. The molecule has 21 heavy (non-hydrogen) atoms. The molecule has 0 aliphatic rings. The average Bonchev–Trinajstić information content (AvgIpc) is 2.45. The first kappa shape index (κ1) is 15.6. The molecule has 1 N–H and O–H groups in total. The van der Waals surface area contributed by atoms with Gasteiger partial charge >= 0.3 is 0 Å². The molecule has 1 aromatic heterocycles. The maximum Gasteiger partial charge on any atom is 0.137 e. The van der Waals surface area contributed by atoms with E-state index >= 15 is 0 Å². The Balaban J connectivity index is 2.25. The van der Waals surface area contributed by atoms with E-state index in [-0.39, 0.29) is 0 Å². The van der Waals surface area contributed by atoms with Crippen LogP contribution in [0.4, 0.5) is 11.6 Å². The molecule has 2 aromatic rings. The molecule has 0 bridgehead atoms. The predicted octanol–water partition coefficient (Wildman–Crippen LogP) is 3.82. The number of benzene rings is 1. The van der Waals surface area contributed by atoms with Gasteiger partial charge in [0.1, 0.15) is 17.5 Å². The third kappa shape index (κ3) is 3.85. The van der Waals surface area contributed by atoms with Gasteiger partial charge in [0.25, 0.3) is 0 Å². The molecule has 112 valence electrons. The van der Waals surface area contributed by atoms with E-state index in [0.717, 1.165) is 41.1 Å². The lowest BCUT2D eigenvalue weighted by molar-refractivity contribution is 0.869. The summed E-state index contributed by atoms with van der Waals surface area (Å²) in [6.45, 7) is 7.65. The van der Waals surface area contributed by atoms with Crippen molar-refractivity contribution in [3.05, 3.63) is 46.2 Å². The summed E-state index contributed by atoms with van der Waals surface area (Å²) in [5.41, 5.74) is 2.27. The SMILES string of the molecule is CCNc1nc(C)nc(N(C)Cc2ccc(Cl)cc2)c1C. The molecular weight excluding hydrogens is 284 g/mol. The van der Waals surface area contributed by atoms with Crippen LogP contribution in [-0.2, 0) is 6.54 Å². The summed E-state index contributed by atoms with van der Waals surface area (Å²) in [6.07, 6.45) is 0. The number of rotatable bonds is 5. The van der Waals surface area contributed by atoms with E-state index in [2.05, 4.69) is 27.1 Å². The Labute approximate surface area is 131 Å². The Morgan fingerprint density at radius 2 is 1.81 bits per heavy atom. The summed E-state index contributed by atoms with van der Waals surface area (Å²) < 4.78 is 0. The lowest BCUT2D eigenvalue weighted by Crippen LogP contribution is -2.20. The number of aromatic nitrogens is 2. The Morgan fingerprint density at radius 3 is 2.43 bits per heavy atom. The molecule has 0 spiro atoms. The number of hydrogen-bond acceptors (Lipinski definition) is 4. The Bertz CT molecular complexity index is 610. The van der Waals surface area contributed by atoms with Gasteiger partial charge in [0, 0.05) is 30.7 Å². The van der Waals surface area contributed by atoms with E-state index in [0.29, 0.717) is 0 Å². The molecule has 0 unspecified atom stereocenters. The molecule has 4 nitrogen and oxygen atoms in total. The van der Waals surface area contributed by atoms with Crippen molar-refractivity contribution >= 4 is 23.2 Å². The fraction of sp³-hybridized carbons (Fsp3) is 0.375. The van der Waals surface area contributed by atoms with Crippen LogP contribution >= 0.6 is 11.6 Å². The second-order valence-electron chi connectivity index (χ2n) is 5.08. The van der Waals surface area contributed by atoms with E-state index in [9.17, 15) is 0 Å². The summed E-state index contributed by atoms with van der Waals surface area (Å²) in [4.78, 5) is 11.2. The van der Waals surface area contributed by atoms with Gasteiger partial charge < -0.3 is 10.2 Å². The highest BCUT2D eigenvalue weighted by molar-refractivity contribution is 6.30. The molecule has 2 rings (SSSR count). The van der Waals surface area contributed by atoms with E-state index in [4.69, 9.17) is 11.6 Å². The monoisotopic (exact) mass is 304 g/mol. The van der Waals surface area contributed by atoms with Crippen LogP contribution in [0.3, 0.4) is 0 Å². The van der Waals surface area contributed by atoms with E-state index in [1.54, 1.807) is 0 Å². The number of anilines is 2. The molecule has 0 atom stereocenters. The van der Waals surface area contributed by atoms with E-state index < -0.39 is 0 Å². The van der Waals surface area contributed by atoms with Crippen molar-refractivity contribution in [3.8, 4) is 0 Å². The summed E-state index contributed by atoms with van der Waals surface area (Å²) in [5.74, 6) is 2.63. The molecule has 1 heterocycles. The summed E-state index contributed by atoms with van der Waals surface area (Å²) in [5, 5.41) is 4.04. The molecule has 5 heteroatoms. The first-order valence-corrected chi connectivity index (χ1v) is 7.43. The molecule has 0 saturated carbocycles. The number of nitrogens with zero attached hydrogens (tertiary/aromatic N) is 3. The predicted molar refractivity (Wildman–Crippen MR) is 89.2 cm³/mol. The van der Waals surface area contributed by atoms with Crippen molar-refractivity contribution in [2.45, 2.75) is 27.3 Å². The maximum atomic E-state index is 5.92. The van der Waals surface area contributed by atoms with Gasteiger partial charge in [-0.05, 0) is 38.5 Å². The minimum Gasteiger partial charge on any atom is -0.370 e. The van der Waals surface area contributed by atoms with Crippen LogP contribution in [0.5, 0.6) is 0 Å². The van der Waals surface area contributed by atoms with Gasteiger partial charge in [-0.15, -0.1) is 0 Å². The normalized spacial score (nSPS) is 10.5. The van der Waals surface area contributed by atoms with E-state index in [1.807, 2.05) is 45.2 Å². The van der Waals surface area contributed by atoms with Gasteiger partial charge in [0.15, 0.2) is 0 Å². The molecule has 0 aliphatic heterocycles. The van der Waals surface area contributed by atoms with Gasteiger partial charge in [-0.25, -0.2) is 9.97 Å². The van der Waals surface area contributed by atoms with Crippen molar-refractivity contribution in [1.29, 1.82) is 0 Å². The number of hydrogen-bond donors (Lipinski definition) is 1. The van der Waals surface area contributed by atoms with Gasteiger partial charge in [0.2, 0.25) is 0 Å². The first-order chi connectivity index (χ1) is 10.0. The van der Waals surface area contributed by atoms with Crippen LogP contribution in [0.25, 0.3) is 0 Å². The van der Waals surface area contributed by atoms with Crippen molar-refractivity contribution in [2.24, 2.45) is 0 Å². The Hall–Kier alpha value is -1.81. The maximum absolute atomic E-state index is 5.92. The van der Waals surface area contributed by atoms with Crippen LogP contribution in [0.2, 0.25) is 5.02 Å². The fourth-order valence-corrected chi connectivity index (χ4v) is 2.39. The Morgan fingerprint density at radius 1 is 1.14 bits per heavy atom. The molecule has 0 fully saturated rings.